The van der Waals surface area contributed by atoms with Crippen molar-refractivity contribution < 1.29 is 23.7 Å². The maximum atomic E-state index is 12.9. The van der Waals surface area contributed by atoms with Crippen molar-refractivity contribution in [1.29, 1.82) is 0 Å². The molecule has 2 atom stereocenters. The van der Waals surface area contributed by atoms with Crippen molar-refractivity contribution in [3.05, 3.63) is 45.1 Å². The molecule has 1 aliphatic heterocycles. The molecule has 3 rings (SSSR count). The number of hydrogen-bond acceptors (Lipinski definition) is 5. The van der Waals surface area contributed by atoms with Crippen LogP contribution < -0.4 is 14.9 Å². The number of carbonyl (C=O) groups excluding carboxylic acids is 2. The Labute approximate surface area is 184 Å². The van der Waals surface area contributed by atoms with E-state index in [1.165, 1.54) is 6.07 Å². The van der Waals surface area contributed by atoms with E-state index in [-0.39, 0.29) is 12.5 Å². The van der Waals surface area contributed by atoms with Gasteiger partial charge < -0.3 is 15.3 Å². The Bertz CT molecular complexity index is 1010. The van der Waals surface area contributed by atoms with E-state index < -0.39 is 28.9 Å². The highest BCUT2D eigenvalue weighted by atomic mass is 35.5. The Morgan fingerprint density at radius 1 is 1.33 bits per heavy atom. The second kappa shape index (κ2) is 9.69. The van der Waals surface area contributed by atoms with Gasteiger partial charge in [-0.2, -0.15) is 0 Å². The number of carboxylic acids is 1. The number of nitrogens with one attached hydrogen (secondary N) is 2. The average molecular weight is 470 g/mol. The molecular formula is C19H20ClN3O5S2. The first-order chi connectivity index (χ1) is 14.3. The molecule has 0 bridgehead atoms. The van der Waals surface area contributed by atoms with Crippen LogP contribution in [0, 0.1) is 6.92 Å². The van der Waals surface area contributed by atoms with Crippen LogP contribution in [0.15, 0.2) is 35.2 Å². The monoisotopic (exact) mass is 469 g/mol. The highest BCUT2D eigenvalue weighted by molar-refractivity contribution is 7.83. The summed E-state index contributed by atoms with van der Waals surface area (Å²) in [7, 11) is -1.86. The molecule has 1 fully saturated rings. The van der Waals surface area contributed by atoms with Gasteiger partial charge in [-0.3, -0.25) is 14.4 Å². The molecule has 0 spiro atoms. The predicted octanol–water partition coefficient (Wildman–Crippen LogP) is 2.33. The van der Waals surface area contributed by atoms with Gasteiger partial charge in [0.2, 0.25) is 5.91 Å². The quantitative estimate of drug-likeness (QED) is 0.548. The summed E-state index contributed by atoms with van der Waals surface area (Å²) < 4.78 is 15.8. The lowest BCUT2D eigenvalue weighted by atomic mass is 10.2. The van der Waals surface area contributed by atoms with Crippen LogP contribution in [0.3, 0.4) is 0 Å². The minimum Gasteiger partial charge on any atom is -0.480 e. The number of aliphatic carboxylic acids is 1. The summed E-state index contributed by atoms with van der Waals surface area (Å²) in [6.07, 6.45) is 1.24. The molecule has 2 aromatic rings. The smallest absolute Gasteiger partial charge is 0.323 e. The standard InChI is InChI=1S/C19H20ClN3O5S2/c1-11-13(23-9-3-6-17(23)24)4-2-5-15(11)30(28)22-12(19(26)27)10-21-18(25)14-7-8-16(20)29-14/h2,4-5,7-8,12,22H,3,6,9-10H2,1H3,(H,21,25)(H,26,27)/t12-,30?/m0/s1. The molecule has 11 heteroatoms. The number of carboxylic acid groups (broad SMARTS) is 1. The van der Waals surface area contributed by atoms with Gasteiger partial charge in [-0.05, 0) is 43.2 Å². The number of nitrogens with zero attached hydrogens (tertiary/aromatic N) is 1. The third-order valence-electron chi connectivity index (χ3n) is 4.63. The molecule has 2 amide bonds. The zero-order valence-corrected chi connectivity index (χ0v) is 18.4. The molecule has 0 radical (unpaired) electrons. The lowest BCUT2D eigenvalue weighted by molar-refractivity contribution is -0.138. The van der Waals surface area contributed by atoms with E-state index in [9.17, 15) is 23.7 Å². The Morgan fingerprint density at radius 3 is 2.70 bits per heavy atom. The Balaban J connectivity index is 1.70. The van der Waals surface area contributed by atoms with Crippen molar-refractivity contribution in [2.24, 2.45) is 0 Å². The Hall–Kier alpha value is -2.27. The second-order valence-electron chi connectivity index (χ2n) is 6.64. The maximum absolute atomic E-state index is 12.9. The van der Waals surface area contributed by atoms with Crippen molar-refractivity contribution in [2.45, 2.75) is 30.7 Å². The van der Waals surface area contributed by atoms with Crippen LogP contribution in [-0.2, 0) is 20.6 Å². The van der Waals surface area contributed by atoms with Crippen molar-refractivity contribution >= 4 is 57.4 Å². The van der Waals surface area contributed by atoms with E-state index in [0.717, 1.165) is 17.8 Å². The number of hydrogen-bond donors (Lipinski definition) is 3. The largest absolute Gasteiger partial charge is 0.480 e. The Kier molecular flexibility index (Phi) is 7.24. The molecule has 0 saturated carbocycles. The maximum Gasteiger partial charge on any atom is 0.323 e. The normalized spacial score (nSPS) is 15.8. The highest BCUT2D eigenvalue weighted by Crippen LogP contribution is 2.28. The third-order valence-corrected chi connectivity index (χ3v) is 7.20. The number of anilines is 1. The molecule has 0 aliphatic carbocycles. The van der Waals surface area contributed by atoms with Crippen LogP contribution >= 0.6 is 22.9 Å². The van der Waals surface area contributed by atoms with Crippen LogP contribution in [0.25, 0.3) is 0 Å². The van der Waals surface area contributed by atoms with Gasteiger partial charge in [-0.15, -0.1) is 11.3 Å². The van der Waals surface area contributed by atoms with Crippen LogP contribution in [0.4, 0.5) is 5.69 Å². The van der Waals surface area contributed by atoms with E-state index in [0.29, 0.717) is 38.3 Å². The zero-order valence-electron chi connectivity index (χ0n) is 16.0. The van der Waals surface area contributed by atoms with E-state index in [1.54, 1.807) is 36.1 Å². The van der Waals surface area contributed by atoms with Gasteiger partial charge in [0.1, 0.15) is 17.0 Å². The van der Waals surface area contributed by atoms with Crippen molar-refractivity contribution in [3.8, 4) is 0 Å². The van der Waals surface area contributed by atoms with E-state index in [4.69, 9.17) is 11.6 Å². The molecule has 3 N–H and O–H groups in total. The fraction of sp³-hybridized carbons (Fsp3) is 0.316. The molecule has 160 valence electrons. The molecule has 1 aromatic heterocycles. The number of thiophene rings is 1. The van der Waals surface area contributed by atoms with Gasteiger partial charge in [0.25, 0.3) is 5.91 Å². The van der Waals surface area contributed by atoms with E-state index in [2.05, 4.69) is 10.0 Å². The first-order valence-corrected chi connectivity index (χ1v) is 11.5. The first kappa shape index (κ1) is 22.4. The number of halogens is 1. The predicted molar refractivity (Wildman–Crippen MR) is 115 cm³/mol. The fourth-order valence-corrected chi connectivity index (χ4v) is 5.20. The van der Waals surface area contributed by atoms with Gasteiger partial charge in [0.15, 0.2) is 0 Å². The molecule has 1 saturated heterocycles. The summed E-state index contributed by atoms with van der Waals surface area (Å²) in [5.74, 6) is -1.71. The van der Waals surface area contributed by atoms with E-state index in [1.807, 2.05) is 0 Å². The summed E-state index contributed by atoms with van der Waals surface area (Å²) in [6, 6.07) is 6.92. The van der Waals surface area contributed by atoms with Gasteiger partial charge in [0.05, 0.1) is 14.1 Å². The summed E-state index contributed by atoms with van der Waals surface area (Å²) >= 11 is 6.88. The zero-order chi connectivity index (χ0) is 21.8. The van der Waals surface area contributed by atoms with Crippen LogP contribution in [0.1, 0.15) is 28.1 Å². The highest BCUT2D eigenvalue weighted by Gasteiger charge is 2.26. The SMILES string of the molecule is Cc1c(N2CCCC2=O)cccc1S(=O)N[C@@H](CNC(=O)c1ccc(Cl)s1)C(=O)O. The summed E-state index contributed by atoms with van der Waals surface area (Å²) in [5.41, 5.74) is 1.31. The lowest BCUT2D eigenvalue weighted by Gasteiger charge is -2.21. The van der Waals surface area contributed by atoms with Crippen LogP contribution in [-0.4, -0.2) is 46.2 Å². The molecule has 8 nitrogen and oxygen atoms in total. The van der Waals surface area contributed by atoms with Gasteiger partial charge >= 0.3 is 5.97 Å². The summed E-state index contributed by atoms with van der Waals surface area (Å²) in [6.45, 7) is 2.08. The third kappa shape index (κ3) is 5.07. The Morgan fingerprint density at radius 2 is 2.10 bits per heavy atom. The molecule has 1 unspecified atom stereocenters. The van der Waals surface area contributed by atoms with Crippen molar-refractivity contribution in [3.63, 3.8) is 0 Å². The second-order valence-corrected chi connectivity index (χ2v) is 9.57. The topological polar surface area (TPSA) is 116 Å². The number of carbonyl (C=O) groups is 3. The van der Waals surface area contributed by atoms with Crippen LogP contribution in [0.2, 0.25) is 4.34 Å². The van der Waals surface area contributed by atoms with Crippen LogP contribution in [0.5, 0.6) is 0 Å². The van der Waals surface area contributed by atoms with E-state index >= 15 is 0 Å². The molecule has 30 heavy (non-hydrogen) atoms. The molecule has 2 heterocycles. The van der Waals surface area contributed by atoms with Gasteiger partial charge in [-0.25, -0.2) is 8.93 Å². The fourth-order valence-electron chi connectivity index (χ4n) is 3.09. The molecular weight excluding hydrogens is 450 g/mol. The minimum absolute atomic E-state index is 0.00815. The number of benzene rings is 1. The lowest BCUT2D eigenvalue weighted by Crippen LogP contribution is -2.46. The van der Waals surface area contributed by atoms with Crippen molar-refractivity contribution in [2.75, 3.05) is 18.0 Å². The minimum atomic E-state index is -1.86. The average Bonchev–Trinajstić information content (AvgIpc) is 3.33. The van der Waals surface area contributed by atoms with Gasteiger partial charge in [0, 0.05) is 25.2 Å². The molecule has 1 aromatic carbocycles. The molecule has 1 aliphatic rings. The number of amides is 2. The summed E-state index contributed by atoms with van der Waals surface area (Å²) in [4.78, 5) is 38.2. The first-order valence-electron chi connectivity index (χ1n) is 9.12. The van der Waals surface area contributed by atoms with Gasteiger partial charge in [-0.1, -0.05) is 17.7 Å². The van der Waals surface area contributed by atoms with Crippen molar-refractivity contribution in [1.82, 2.24) is 10.0 Å². The number of rotatable bonds is 8. The summed E-state index contributed by atoms with van der Waals surface area (Å²) in [5, 5.41) is 12.0.